The highest BCUT2D eigenvalue weighted by Crippen LogP contribution is 2.41. The number of carbonyl (C=O) groups excluding carboxylic acids is 1. The molecule has 7 nitrogen and oxygen atoms in total. The van der Waals surface area contributed by atoms with Crippen molar-refractivity contribution in [3.05, 3.63) is 18.3 Å². The van der Waals surface area contributed by atoms with Crippen LogP contribution in [0.3, 0.4) is 0 Å². The average Bonchev–Trinajstić information content (AvgIpc) is 3.26. The molecule has 3 atom stereocenters. The van der Waals surface area contributed by atoms with Crippen molar-refractivity contribution in [2.75, 3.05) is 31.6 Å². The Kier molecular flexibility index (Phi) is 3.64. The van der Waals surface area contributed by atoms with E-state index in [1.807, 2.05) is 11.9 Å². The number of likely N-dealkylation sites (tertiary alicyclic amines) is 1. The van der Waals surface area contributed by atoms with Crippen LogP contribution in [0.25, 0.3) is 11.0 Å². The van der Waals surface area contributed by atoms with Crippen LogP contribution in [0.4, 0.5) is 10.2 Å². The summed E-state index contributed by atoms with van der Waals surface area (Å²) in [5, 5.41) is 9.43. The van der Waals surface area contributed by atoms with E-state index in [0.29, 0.717) is 41.8 Å². The Morgan fingerprint density at radius 3 is 2.79 bits per heavy atom. The second-order valence-electron chi connectivity index (χ2n) is 6.77. The van der Waals surface area contributed by atoms with E-state index in [-0.39, 0.29) is 17.8 Å². The fourth-order valence-electron chi connectivity index (χ4n) is 4.24. The Bertz CT molecular complexity index is 765. The number of carbonyl (C=O) groups is 1. The molecule has 24 heavy (non-hydrogen) atoms. The first-order chi connectivity index (χ1) is 11.6. The lowest BCUT2D eigenvalue weighted by Gasteiger charge is -2.27. The summed E-state index contributed by atoms with van der Waals surface area (Å²) < 4.78 is 14.1. The van der Waals surface area contributed by atoms with E-state index in [4.69, 9.17) is 5.11 Å². The number of aliphatic hydroxyl groups is 1. The SMILES string of the molecule is CN(c1ncnc2[nH]cc(F)c12)[C@H]1C[C@@H]2CN(C(=O)CO)C[C@@H]2C1. The van der Waals surface area contributed by atoms with Crippen LogP contribution in [-0.4, -0.2) is 63.7 Å². The van der Waals surface area contributed by atoms with Gasteiger partial charge in [-0.05, 0) is 24.7 Å². The van der Waals surface area contributed by atoms with E-state index in [1.54, 1.807) is 4.90 Å². The number of aromatic amines is 1. The third-order valence-electron chi connectivity index (χ3n) is 5.50. The van der Waals surface area contributed by atoms with Gasteiger partial charge < -0.3 is 19.9 Å². The third kappa shape index (κ3) is 2.32. The summed E-state index contributed by atoms with van der Waals surface area (Å²) in [6.45, 7) is 0.979. The number of nitrogens with zero attached hydrogens (tertiary/aromatic N) is 4. The summed E-state index contributed by atoms with van der Waals surface area (Å²) in [6, 6.07) is 0.263. The molecule has 2 fully saturated rings. The van der Waals surface area contributed by atoms with E-state index in [1.165, 1.54) is 12.5 Å². The zero-order chi connectivity index (χ0) is 16.8. The maximum atomic E-state index is 14.1. The first-order valence-electron chi connectivity index (χ1n) is 8.17. The fraction of sp³-hybridized carbons (Fsp3) is 0.562. The number of aliphatic hydroxyl groups excluding tert-OH is 1. The summed E-state index contributed by atoms with van der Waals surface area (Å²) in [4.78, 5) is 26.6. The van der Waals surface area contributed by atoms with Crippen molar-refractivity contribution in [1.82, 2.24) is 19.9 Å². The molecule has 4 rings (SSSR count). The van der Waals surface area contributed by atoms with Crippen molar-refractivity contribution in [1.29, 1.82) is 0 Å². The Hall–Kier alpha value is -2.22. The molecule has 2 aromatic heterocycles. The van der Waals surface area contributed by atoms with Gasteiger partial charge in [-0.3, -0.25) is 4.79 Å². The monoisotopic (exact) mass is 333 g/mol. The molecule has 1 amide bonds. The predicted octanol–water partition coefficient (Wildman–Crippen LogP) is 0.762. The number of nitrogens with one attached hydrogen (secondary N) is 1. The van der Waals surface area contributed by atoms with E-state index in [9.17, 15) is 9.18 Å². The van der Waals surface area contributed by atoms with Crippen LogP contribution in [0, 0.1) is 17.7 Å². The lowest BCUT2D eigenvalue weighted by Crippen LogP contribution is -2.35. The van der Waals surface area contributed by atoms with Crippen LogP contribution in [0.2, 0.25) is 0 Å². The molecule has 3 heterocycles. The number of hydrogen-bond donors (Lipinski definition) is 2. The summed E-state index contributed by atoms with van der Waals surface area (Å²) in [5.41, 5.74) is 0.502. The fourth-order valence-corrected chi connectivity index (χ4v) is 4.24. The van der Waals surface area contributed by atoms with Gasteiger partial charge in [0.05, 0.1) is 5.39 Å². The highest BCUT2D eigenvalue weighted by molar-refractivity contribution is 5.88. The standard InChI is InChI=1S/C16H20FN5O2/c1-21(16-14-12(17)4-18-15(14)19-8-20-16)11-2-9-5-22(13(24)7-23)6-10(9)3-11/h4,8-11,23H,2-3,5-7H2,1H3,(H,18,19,20)/t9-,10+,11+. The quantitative estimate of drug-likeness (QED) is 0.866. The first-order valence-corrected chi connectivity index (χ1v) is 8.17. The summed E-state index contributed by atoms with van der Waals surface area (Å²) >= 11 is 0. The molecular weight excluding hydrogens is 313 g/mol. The van der Waals surface area contributed by atoms with Crippen LogP contribution < -0.4 is 4.90 Å². The minimum Gasteiger partial charge on any atom is -0.387 e. The Morgan fingerprint density at radius 2 is 2.12 bits per heavy atom. The van der Waals surface area contributed by atoms with Gasteiger partial charge in [0.1, 0.15) is 24.4 Å². The Morgan fingerprint density at radius 1 is 1.42 bits per heavy atom. The smallest absolute Gasteiger partial charge is 0.248 e. The average molecular weight is 333 g/mol. The van der Waals surface area contributed by atoms with Gasteiger partial charge in [-0.2, -0.15) is 0 Å². The van der Waals surface area contributed by atoms with Crippen LogP contribution in [0.15, 0.2) is 12.5 Å². The number of hydrogen-bond acceptors (Lipinski definition) is 5. The third-order valence-corrected chi connectivity index (χ3v) is 5.50. The van der Waals surface area contributed by atoms with Gasteiger partial charge in [-0.25, -0.2) is 14.4 Å². The van der Waals surface area contributed by atoms with Crippen molar-refractivity contribution >= 4 is 22.8 Å². The zero-order valence-electron chi connectivity index (χ0n) is 13.4. The first kappa shape index (κ1) is 15.3. The van der Waals surface area contributed by atoms with Gasteiger partial charge >= 0.3 is 0 Å². The van der Waals surface area contributed by atoms with Crippen molar-refractivity contribution in [2.45, 2.75) is 18.9 Å². The van der Waals surface area contributed by atoms with E-state index >= 15 is 0 Å². The molecular formula is C16H20FN5O2. The lowest BCUT2D eigenvalue weighted by atomic mass is 10.0. The number of fused-ring (bicyclic) bond motifs is 2. The molecule has 1 aliphatic carbocycles. The summed E-state index contributed by atoms with van der Waals surface area (Å²) in [7, 11) is 1.94. The molecule has 0 unspecified atom stereocenters. The normalized spacial score (nSPS) is 26.1. The highest BCUT2D eigenvalue weighted by atomic mass is 19.1. The Balaban J connectivity index is 1.52. The van der Waals surface area contributed by atoms with Crippen molar-refractivity contribution < 1.29 is 14.3 Å². The molecule has 2 aliphatic rings. The van der Waals surface area contributed by atoms with Gasteiger partial charge in [-0.1, -0.05) is 0 Å². The molecule has 2 aromatic rings. The largest absolute Gasteiger partial charge is 0.387 e. The van der Waals surface area contributed by atoms with Crippen LogP contribution in [0.1, 0.15) is 12.8 Å². The van der Waals surface area contributed by atoms with Gasteiger partial charge in [0, 0.05) is 32.4 Å². The van der Waals surface area contributed by atoms with Gasteiger partial charge in [-0.15, -0.1) is 0 Å². The molecule has 0 spiro atoms. The predicted molar refractivity (Wildman–Crippen MR) is 85.9 cm³/mol. The van der Waals surface area contributed by atoms with Crippen LogP contribution >= 0.6 is 0 Å². The molecule has 1 saturated carbocycles. The molecule has 128 valence electrons. The van der Waals surface area contributed by atoms with Crippen molar-refractivity contribution in [3.8, 4) is 0 Å². The number of rotatable bonds is 3. The highest BCUT2D eigenvalue weighted by Gasteiger charge is 2.43. The maximum Gasteiger partial charge on any atom is 0.248 e. The summed E-state index contributed by atoms with van der Waals surface area (Å²) in [5.74, 6) is 0.932. The van der Waals surface area contributed by atoms with Crippen molar-refractivity contribution in [2.24, 2.45) is 11.8 Å². The second-order valence-corrected chi connectivity index (χ2v) is 6.77. The topological polar surface area (TPSA) is 85.4 Å². The van der Waals surface area contributed by atoms with Gasteiger partial charge in [0.2, 0.25) is 5.91 Å². The number of amides is 1. The van der Waals surface area contributed by atoms with Gasteiger partial charge in [0.25, 0.3) is 0 Å². The minimum absolute atomic E-state index is 0.193. The molecule has 0 aromatic carbocycles. The maximum absolute atomic E-state index is 14.1. The zero-order valence-corrected chi connectivity index (χ0v) is 13.4. The molecule has 0 radical (unpaired) electrons. The summed E-state index contributed by atoms with van der Waals surface area (Å²) in [6.07, 6.45) is 4.63. The van der Waals surface area contributed by atoms with Crippen molar-refractivity contribution in [3.63, 3.8) is 0 Å². The second kappa shape index (κ2) is 5.70. The van der Waals surface area contributed by atoms with Crippen LogP contribution in [-0.2, 0) is 4.79 Å². The molecule has 1 aliphatic heterocycles. The lowest BCUT2D eigenvalue weighted by molar-refractivity contribution is -0.133. The van der Waals surface area contributed by atoms with E-state index in [2.05, 4.69) is 15.0 Å². The van der Waals surface area contributed by atoms with E-state index < -0.39 is 6.61 Å². The molecule has 2 N–H and O–H groups in total. The number of aromatic nitrogens is 3. The minimum atomic E-state index is -0.422. The molecule has 0 bridgehead atoms. The van der Waals surface area contributed by atoms with E-state index in [0.717, 1.165) is 12.8 Å². The molecule has 1 saturated heterocycles. The Labute approximate surface area is 138 Å². The number of halogens is 1. The number of H-pyrrole nitrogens is 1. The molecule has 8 heteroatoms. The van der Waals surface area contributed by atoms with Gasteiger partial charge in [0.15, 0.2) is 5.82 Å². The van der Waals surface area contributed by atoms with Crippen LogP contribution in [0.5, 0.6) is 0 Å². The number of anilines is 1.